The van der Waals surface area contributed by atoms with E-state index < -0.39 is 0 Å². The van der Waals surface area contributed by atoms with Crippen LogP contribution >= 0.6 is 0 Å². The molecule has 1 fully saturated rings. The van der Waals surface area contributed by atoms with Gasteiger partial charge in [-0.3, -0.25) is 14.7 Å². The first-order valence-corrected chi connectivity index (χ1v) is 7.25. The number of hydrogen-bond donors (Lipinski definition) is 0. The first-order chi connectivity index (χ1) is 10.7. The van der Waals surface area contributed by atoms with Gasteiger partial charge in [0.15, 0.2) is 0 Å². The molecule has 2 heterocycles. The van der Waals surface area contributed by atoms with Crippen molar-refractivity contribution in [3.63, 3.8) is 0 Å². The minimum absolute atomic E-state index is 0.0985. The van der Waals surface area contributed by atoms with Crippen LogP contribution in [0.25, 0.3) is 0 Å². The molecule has 0 atom stereocenters. The van der Waals surface area contributed by atoms with Crippen LogP contribution < -0.4 is 0 Å². The van der Waals surface area contributed by atoms with E-state index in [9.17, 15) is 9.18 Å². The normalized spacial score (nSPS) is 15.8. The molecule has 5 nitrogen and oxygen atoms in total. The Morgan fingerprint density at radius 2 is 1.91 bits per heavy atom. The van der Waals surface area contributed by atoms with Gasteiger partial charge in [-0.15, -0.1) is 0 Å². The molecule has 6 heteroatoms. The molecule has 1 aliphatic rings. The van der Waals surface area contributed by atoms with Crippen LogP contribution in [-0.2, 0) is 6.54 Å². The highest BCUT2D eigenvalue weighted by atomic mass is 19.1. The molecule has 0 aliphatic carbocycles. The van der Waals surface area contributed by atoms with Crippen LogP contribution in [0.5, 0.6) is 0 Å². The fourth-order valence-corrected chi connectivity index (χ4v) is 2.55. The number of carbonyl (C=O) groups is 1. The number of rotatable bonds is 3. The van der Waals surface area contributed by atoms with Crippen LogP contribution in [0.4, 0.5) is 4.39 Å². The Kier molecular flexibility index (Phi) is 4.39. The Bertz CT molecular complexity index is 642. The Balaban J connectivity index is 1.57. The fraction of sp³-hybridized carbons (Fsp3) is 0.312. The van der Waals surface area contributed by atoms with Crippen molar-refractivity contribution in [1.29, 1.82) is 0 Å². The van der Waals surface area contributed by atoms with E-state index >= 15 is 0 Å². The van der Waals surface area contributed by atoms with Gasteiger partial charge in [0.05, 0.1) is 6.20 Å². The van der Waals surface area contributed by atoms with Crippen molar-refractivity contribution in [3.8, 4) is 0 Å². The molecule has 1 amide bonds. The van der Waals surface area contributed by atoms with E-state index in [0.717, 1.165) is 13.1 Å². The van der Waals surface area contributed by atoms with Gasteiger partial charge in [-0.05, 0) is 6.07 Å². The largest absolute Gasteiger partial charge is 0.335 e. The van der Waals surface area contributed by atoms with Crippen LogP contribution in [0.1, 0.15) is 16.1 Å². The highest BCUT2D eigenvalue weighted by Gasteiger charge is 2.23. The molecule has 2 aromatic rings. The maximum Gasteiger partial charge on any atom is 0.274 e. The summed E-state index contributed by atoms with van der Waals surface area (Å²) in [6.45, 7) is 3.24. The molecule has 1 saturated heterocycles. The Hall–Kier alpha value is -2.34. The van der Waals surface area contributed by atoms with Crippen LogP contribution in [-0.4, -0.2) is 51.9 Å². The van der Waals surface area contributed by atoms with E-state index in [1.54, 1.807) is 23.2 Å². The lowest BCUT2D eigenvalue weighted by molar-refractivity contribution is 0.0621. The number of hydrogen-bond acceptors (Lipinski definition) is 4. The molecule has 0 unspecified atom stereocenters. The van der Waals surface area contributed by atoms with Gasteiger partial charge in [-0.25, -0.2) is 9.37 Å². The van der Waals surface area contributed by atoms with E-state index in [1.165, 1.54) is 18.5 Å². The number of carbonyl (C=O) groups excluding carboxylic acids is 1. The van der Waals surface area contributed by atoms with Gasteiger partial charge in [0, 0.05) is 50.7 Å². The first kappa shape index (κ1) is 14.6. The van der Waals surface area contributed by atoms with E-state index in [4.69, 9.17) is 0 Å². The zero-order valence-electron chi connectivity index (χ0n) is 12.2. The Labute approximate surface area is 128 Å². The molecule has 1 aromatic heterocycles. The third-order valence-corrected chi connectivity index (χ3v) is 3.79. The van der Waals surface area contributed by atoms with Crippen molar-refractivity contribution in [2.45, 2.75) is 6.54 Å². The number of benzene rings is 1. The van der Waals surface area contributed by atoms with E-state index in [-0.39, 0.29) is 11.7 Å². The number of halogens is 1. The summed E-state index contributed by atoms with van der Waals surface area (Å²) in [5, 5.41) is 0. The Morgan fingerprint density at radius 3 is 2.59 bits per heavy atom. The summed E-state index contributed by atoms with van der Waals surface area (Å²) < 4.78 is 13.7. The maximum absolute atomic E-state index is 13.7. The fourth-order valence-electron chi connectivity index (χ4n) is 2.55. The highest BCUT2D eigenvalue weighted by Crippen LogP contribution is 2.13. The minimum atomic E-state index is -0.180. The second-order valence-electron chi connectivity index (χ2n) is 5.25. The lowest BCUT2D eigenvalue weighted by Crippen LogP contribution is -2.48. The monoisotopic (exact) mass is 300 g/mol. The van der Waals surface area contributed by atoms with E-state index in [0.29, 0.717) is 30.9 Å². The summed E-state index contributed by atoms with van der Waals surface area (Å²) in [7, 11) is 0. The van der Waals surface area contributed by atoms with Gasteiger partial charge < -0.3 is 4.90 Å². The topological polar surface area (TPSA) is 49.3 Å². The second kappa shape index (κ2) is 6.62. The van der Waals surface area contributed by atoms with Crippen LogP contribution in [0.2, 0.25) is 0 Å². The summed E-state index contributed by atoms with van der Waals surface area (Å²) in [5.74, 6) is -0.279. The number of amides is 1. The van der Waals surface area contributed by atoms with Crippen molar-refractivity contribution < 1.29 is 9.18 Å². The lowest BCUT2D eigenvalue weighted by Gasteiger charge is -2.34. The molecule has 0 bridgehead atoms. The molecule has 0 spiro atoms. The molecule has 0 N–H and O–H groups in total. The van der Waals surface area contributed by atoms with Gasteiger partial charge in [0.25, 0.3) is 5.91 Å². The van der Waals surface area contributed by atoms with Gasteiger partial charge in [-0.1, -0.05) is 18.2 Å². The average Bonchev–Trinajstić information content (AvgIpc) is 2.58. The zero-order valence-corrected chi connectivity index (χ0v) is 12.2. The molecule has 0 saturated carbocycles. The third kappa shape index (κ3) is 3.28. The van der Waals surface area contributed by atoms with Gasteiger partial charge in [0.2, 0.25) is 0 Å². The third-order valence-electron chi connectivity index (χ3n) is 3.79. The quantitative estimate of drug-likeness (QED) is 0.863. The van der Waals surface area contributed by atoms with Crippen molar-refractivity contribution in [2.75, 3.05) is 26.2 Å². The lowest BCUT2D eigenvalue weighted by atomic mass is 10.2. The smallest absolute Gasteiger partial charge is 0.274 e. The molecular formula is C16H17FN4O. The molecule has 22 heavy (non-hydrogen) atoms. The molecule has 1 aliphatic heterocycles. The van der Waals surface area contributed by atoms with Crippen LogP contribution in [0.15, 0.2) is 42.9 Å². The number of piperazine rings is 1. The summed E-state index contributed by atoms with van der Waals surface area (Å²) in [6, 6.07) is 6.80. The van der Waals surface area contributed by atoms with Crippen LogP contribution in [0, 0.1) is 5.82 Å². The molecular weight excluding hydrogens is 283 g/mol. The predicted molar refractivity (Wildman–Crippen MR) is 79.6 cm³/mol. The second-order valence-corrected chi connectivity index (χ2v) is 5.25. The Morgan fingerprint density at radius 1 is 1.14 bits per heavy atom. The van der Waals surface area contributed by atoms with Crippen molar-refractivity contribution in [2.24, 2.45) is 0 Å². The van der Waals surface area contributed by atoms with Gasteiger partial charge in [-0.2, -0.15) is 0 Å². The predicted octanol–water partition coefficient (Wildman–Crippen LogP) is 1.57. The van der Waals surface area contributed by atoms with Gasteiger partial charge >= 0.3 is 0 Å². The summed E-state index contributed by atoms with van der Waals surface area (Å²) in [4.78, 5) is 24.1. The summed E-state index contributed by atoms with van der Waals surface area (Å²) in [5.41, 5.74) is 1.06. The number of nitrogens with zero attached hydrogens (tertiary/aromatic N) is 4. The van der Waals surface area contributed by atoms with Crippen LogP contribution in [0.3, 0.4) is 0 Å². The SMILES string of the molecule is O=C(c1cnccn1)N1CCN(Cc2ccccc2F)CC1. The molecule has 1 aromatic carbocycles. The van der Waals surface area contributed by atoms with Crippen molar-refractivity contribution in [3.05, 3.63) is 59.9 Å². The van der Waals surface area contributed by atoms with Crippen molar-refractivity contribution >= 4 is 5.91 Å². The van der Waals surface area contributed by atoms with Gasteiger partial charge in [0.1, 0.15) is 11.5 Å². The zero-order chi connectivity index (χ0) is 15.4. The standard InChI is InChI=1S/C16H17FN4O/c17-14-4-2-1-3-13(14)12-20-7-9-21(10-8-20)16(22)15-11-18-5-6-19-15/h1-6,11H,7-10,12H2. The summed E-state index contributed by atoms with van der Waals surface area (Å²) >= 11 is 0. The molecule has 0 radical (unpaired) electrons. The molecule has 3 rings (SSSR count). The number of aromatic nitrogens is 2. The minimum Gasteiger partial charge on any atom is -0.335 e. The molecule has 114 valence electrons. The highest BCUT2D eigenvalue weighted by molar-refractivity contribution is 5.92. The first-order valence-electron chi connectivity index (χ1n) is 7.25. The van der Waals surface area contributed by atoms with E-state index in [2.05, 4.69) is 14.9 Å². The summed E-state index contributed by atoms with van der Waals surface area (Å²) in [6.07, 6.45) is 4.54. The average molecular weight is 300 g/mol. The van der Waals surface area contributed by atoms with E-state index in [1.807, 2.05) is 6.07 Å². The maximum atomic E-state index is 13.7. The van der Waals surface area contributed by atoms with Crippen molar-refractivity contribution in [1.82, 2.24) is 19.8 Å².